The molecule has 0 atom stereocenters. The van der Waals surface area contributed by atoms with Crippen LogP contribution in [0.25, 0.3) is 0 Å². The second-order valence-corrected chi connectivity index (χ2v) is 2.84. The van der Waals surface area contributed by atoms with Crippen LogP contribution in [0, 0.1) is 6.92 Å². The molecule has 0 aliphatic carbocycles. The largest absolute Gasteiger partial charge is 0.472 e. The average molecular weight is 197 g/mol. The molecule has 0 bridgehead atoms. The van der Waals surface area contributed by atoms with Crippen molar-refractivity contribution in [3.63, 3.8) is 0 Å². The molecule has 14 heavy (non-hydrogen) atoms. The third-order valence-corrected chi connectivity index (χ3v) is 1.84. The number of methoxy groups -OCH3 is 2. The Balaban J connectivity index is 2.49. The van der Waals surface area contributed by atoms with E-state index < -0.39 is 0 Å². The minimum atomic E-state index is -0.351. The van der Waals surface area contributed by atoms with Gasteiger partial charge in [0.15, 0.2) is 6.29 Å². The summed E-state index contributed by atoms with van der Waals surface area (Å²) < 4.78 is 15.4. The first-order valence-corrected chi connectivity index (χ1v) is 4.38. The highest BCUT2D eigenvalue weighted by Crippen LogP contribution is 2.12. The minimum Gasteiger partial charge on any atom is -0.472 e. The third-order valence-electron chi connectivity index (χ3n) is 1.84. The van der Waals surface area contributed by atoms with Crippen LogP contribution in [0.15, 0.2) is 18.3 Å². The number of hydrogen-bond donors (Lipinski definition) is 0. The summed E-state index contributed by atoms with van der Waals surface area (Å²) in [6.07, 6.45) is 1.34. The Hall–Kier alpha value is -1.13. The van der Waals surface area contributed by atoms with E-state index in [0.717, 1.165) is 5.56 Å². The summed E-state index contributed by atoms with van der Waals surface area (Å²) in [5, 5.41) is 0. The van der Waals surface area contributed by atoms with Crippen LogP contribution in [-0.2, 0) is 9.47 Å². The molecule has 0 fully saturated rings. The first kappa shape index (κ1) is 10.9. The van der Waals surface area contributed by atoms with Gasteiger partial charge >= 0.3 is 0 Å². The summed E-state index contributed by atoms with van der Waals surface area (Å²) in [6.45, 7) is 2.28. The van der Waals surface area contributed by atoms with Crippen LogP contribution in [0.4, 0.5) is 0 Å². The van der Waals surface area contributed by atoms with Gasteiger partial charge in [0, 0.05) is 26.0 Å². The van der Waals surface area contributed by atoms with Gasteiger partial charge in [0.1, 0.15) is 6.61 Å². The van der Waals surface area contributed by atoms with Gasteiger partial charge in [-0.25, -0.2) is 4.98 Å². The maximum Gasteiger partial charge on any atom is 0.216 e. The minimum absolute atomic E-state index is 0.338. The zero-order valence-electron chi connectivity index (χ0n) is 8.69. The number of aryl methyl sites for hydroxylation is 1. The van der Waals surface area contributed by atoms with Crippen LogP contribution in [0.3, 0.4) is 0 Å². The maximum absolute atomic E-state index is 5.42. The van der Waals surface area contributed by atoms with E-state index in [2.05, 4.69) is 4.98 Å². The van der Waals surface area contributed by atoms with E-state index in [1.165, 1.54) is 0 Å². The molecular formula is C10H15NO3. The zero-order chi connectivity index (χ0) is 10.4. The first-order valence-electron chi connectivity index (χ1n) is 4.38. The van der Waals surface area contributed by atoms with Crippen LogP contribution < -0.4 is 4.74 Å². The highest BCUT2D eigenvalue weighted by Gasteiger charge is 2.07. The lowest BCUT2D eigenvalue weighted by atomic mass is 10.3. The van der Waals surface area contributed by atoms with Crippen LogP contribution in [-0.4, -0.2) is 32.1 Å². The maximum atomic E-state index is 5.42. The van der Waals surface area contributed by atoms with E-state index in [-0.39, 0.29) is 6.29 Å². The van der Waals surface area contributed by atoms with Crippen molar-refractivity contribution in [2.24, 2.45) is 0 Å². The molecule has 0 aromatic carbocycles. The molecule has 0 saturated carbocycles. The molecule has 78 valence electrons. The van der Waals surface area contributed by atoms with Crippen molar-refractivity contribution in [2.45, 2.75) is 13.2 Å². The smallest absolute Gasteiger partial charge is 0.216 e. The van der Waals surface area contributed by atoms with E-state index in [0.29, 0.717) is 12.5 Å². The van der Waals surface area contributed by atoms with Gasteiger partial charge in [-0.05, 0) is 13.0 Å². The molecule has 1 aromatic heterocycles. The van der Waals surface area contributed by atoms with E-state index in [4.69, 9.17) is 14.2 Å². The summed E-state index contributed by atoms with van der Waals surface area (Å²) in [6, 6.07) is 3.81. The Morgan fingerprint density at radius 2 is 2.07 bits per heavy atom. The number of nitrogens with zero attached hydrogens (tertiary/aromatic N) is 1. The second-order valence-electron chi connectivity index (χ2n) is 2.84. The standard InChI is InChI=1S/C10H15NO3/c1-8-5-4-6-11-10(8)14-7-9(12-2)13-3/h4-6,9H,7H2,1-3H3. The van der Waals surface area contributed by atoms with E-state index in [1.54, 1.807) is 20.4 Å². The molecule has 4 heteroatoms. The Morgan fingerprint density at radius 1 is 1.36 bits per heavy atom. The third kappa shape index (κ3) is 2.97. The number of hydrogen-bond acceptors (Lipinski definition) is 4. The Morgan fingerprint density at radius 3 is 2.64 bits per heavy atom. The van der Waals surface area contributed by atoms with Crippen LogP contribution >= 0.6 is 0 Å². The molecule has 1 aromatic rings. The molecule has 0 amide bonds. The predicted octanol–water partition coefficient (Wildman–Crippen LogP) is 1.39. The van der Waals surface area contributed by atoms with Gasteiger partial charge in [-0.15, -0.1) is 0 Å². The van der Waals surface area contributed by atoms with Crippen LogP contribution in [0.1, 0.15) is 5.56 Å². The van der Waals surface area contributed by atoms with Gasteiger partial charge in [-0.2, -0.15) is 0 Å². The highest BCUT2D eigenvalue weighted by molar-refractivity contribution is 5.23. The molecule has 0 radical (unpaired) electrons. The van der Waals surface area contributed by atoms with E-state index >= 15 is 0 Å². The molecule has 0 N–H and O–H groups in total. The van der Waals surface area contributed by atoms with Crippen molar-refractivity contribution in [3.8, 4) is 5.88 Å². The molecular weight excluding hydrogens is 182 g/mol. The molecule has 0 saturated heterocycles. The van der Waals surface area contributed by atoms with E-state index in [1.807, 2.05) is 19.1 Å². The van der Waals surface area contributed by atoms with Crippen molar-refractivity contribution in [2.75, 3.05) is 20.8 Å². The number of ether oxygens (including phenoxy) is 3. The first-order chi connectivity index (χ1) is 6.77. The normalized spacial score (nSPS) is 10.6. The van der Waals surface area contributed by atoms with Crippen molar-refractivity contribution in [1.29, 1.82) is 0 Å². The Labute approximate surface area is 83.8 Å². The highest BCUT2D eigenvalue weighted by atomic mass is 16.7. The molecule has 0 aliphatic heterocycles. The van der Waals surface area contributed by atoms with Gasteiger partial charge in [0.25, 0.3) is 0 Å². The molecule has 4 nitrogen and oxygen atoms in total. The lowest BCUT2D eigenvalue weighted by Crippen LogP contribution is -2.22. The lowest BCUT2D eigenvalue weighted by molar-refractivity contribution is -0.122. The van der Waals surface area contributed by atoms with Gasteiger partial charge in [0.05, 0.1) is 0 Å². The molecule has 0 aliphatic rings. The molecule has 0 unspecified atom stereocenters. The van der Waals surface area contributed by atoms with Gasteiger partial charge in [-0.1, -0.05) is 6.07 Å². The van der Waals surface area contributed by atoms with Crippen molar-refractivity contribution in [1.82, 2.24) is 4.98 Å². The van der Waals surface area contributed by atoms with Gasteiger partial charge in [-0.3, -0.25) is 0 Å². The topological polar surface area (TPSA) is 40.6 Å². The van der Waals surface area contributed by atoms with Crippen LogP contribution in [0.2, 0.25) is 0 Å². The second kappa shape index (κ2) is 5.57. The van der Waals surface area contributed by atoms with Crippen molar-refractivity contribution < 1.29 is 14.2 Å². The summed E-state index contributed by atoms with van der Waals surface area (Å²) in [4.78, 5) is 4.09. The number of pyridine rings is 1. The average Bonchev–Trinajstić information content (AvgIpc) is 2.22. The summed E-state index contributed by atoms with van der Waals surface area (Å²) in [7, 11) is 3.14. The van der Waals surface area contributed by atoms with Crippen LogP contribution in [0.5, 0.6) is 5.88 Å². The van der Waals surface area contributed by atoms with Gasteiger partial charge in [0.2, 0.25) is 5.88 Å². The quantitative estimate of drug-likeness (QED) is 0.669. The fourth-order valence-corrected chi connectivity index (χ4v) is 1.00. The molecule has 1 rings (SSSR count). The number of rotatable bonds is 5. The zero-order valence-corrected chi connectivity index (χ0v) is 8.69. The summed E-state index contributed by atoms with van der Waals surface area (Å²) >= 11 is 0. The number of aromatic nitrogens is 1. The molecule has 1 heterocycles. The fraction of sp³-hybridized carbons (Fsp3) is 0.500. The Bertz CT molecular complexity index is 274. The van der Waals surface area contributed by atoms with E-state index in [9.17, 15) is 0 Å². The predicted molar refractivity (Wildman–Crippen MR) is 52.3 cm³/mol. The lowest BCUT2D eigenvalue weighted by Gasteiger charge is -2.14. The van der Waals surface area contributed by atoms with Gasteiger partial charge < -0.3 is 14.2 Å². The Kier molecular flexibility index (Phi) is 4.35. The SMILES string of the molecule is COC(COc1ncccc1C)OC. The van der Waals surface area contributed by atoms with Crippen molar-refractivity contribution >= 4 is 0 Å². The fourth-order valence-electron chi connectivity index (χ4n) is 1.00. The summed E-state index contributed by atoms with van der Waals surface area (Å²) in [5.41, 5.74) is 0.999. The molecule has 0 spiro atoms. The van der Waals surface area contributed by atoms with Crippen molar-refractivity contribution in [3.05, 3.63) is 23.9 Å². The summed E-state index contributed by atoms with van der Waals surface area (Å²) in [5.74, 6) is 0.617. The monoisotopic (exact) mass is 197 g/mol.